The van der Waals surface area contributed by atoms with Gasteiger partial charge in [-0.2, -0.15) is 5.26 Å². The van der Waals surface area contributed by atoms with Crippen LogP contribution in [0.25, 0.3) is 10.9 Å². The Kier molecular flexibility index (Phi) is 14.7. The number of amides is 3. The van der Waals surface area contributed by atoms with E-state index in [0.717, 1.165) is 25.8 Å². The number of aromatic nitrogens is 1. The number of hydrogen-bond donors (Lipinski definition) is 4. The van der Waals surface area contributed by atoms with Gasteiger partial charge in [0.15, 0.2) is 0 Å². The van der Waals surface area contributed by atoms with Crippen LogP contribution in [-0.2, 0) is 24.0 Å². The number of rotatable bonds is 16. The molecule has 0 spiro atoms. The van der Waals surface area contributed by atoms with E-state index in [9.17, 15) is 49.3 Å². The zero-order chi connectivity index (χ0) is 44.7. The molecule has 2 saturated carbocycles. The average molecular weight is 875 g/mol. The van der Waals surface area contributed by atoms with Crippen molar-refractivity contribution in [3.63, 3.8) is 0 Å². The molecule has 3 amide bonds. The van der Waals surface area contributed by atoms with Crippen molar-refractivity contribution in [1.29, 1.82) is 5.26 Å². The fourth-order valence-electron chi connectivity index (χ4n) is 9.15. The van der Waals surface area contributed by atoms with E-state index in [0.29, 0.717) is 120 Å². The van der Waals surface area contributed by atoms with Crippen LogP contribution in [0.5, 0.6) is 5.75 Å². The maximum Gasteiger partial charge on any atom is 0.317 e. The molecule has 3 saturated heterocycles. The van der Waals surface area contributed by atoms with Crippen molar-refractivity contribution in [2.45, 2.75) is 37.8 Å². The summed E-state index contributed by atoms with van der Waals surface area (Å²) in [4.78, 5) is 92.2. The van der Waals surface area contributed by atoms with Gasteiger partial charge in [0.2, 0.25) is 11.8 Å². The van der Waals surface area contributed by atoms with Gasteiger partial charge in [-0.1, -0.05) is 0 Å². The normalized spacial score (nSPS) is 23.8. The molecule has 20 heteroatoms. The molecule has 20 nitrogen and oxygen atoms in total. The third kappa shape index (κ3) is 12.4. The highest BCUT2D eigenvalue weighted by molar-refractivity contribution is 6.07. The van der Waals surface area contributed by atoms with E-state index in [1.165, 1.54) is 0 Å². The third-order valence-corrected chi connectivity index (χ3v) is 13.1. The van der Waals surface area contributed by atoms with Crippen LogP contribution in [0.1, 0.15) is 36.0 Å². The highest BCUT2D eigenvalue weighted by Crippen LogP contribution is 2.48. The molecule has 5 fully saturated rings. The number of ether oxygens (including phenoxy) is 1. The first-order chi connectivity index (χ1) is 30.3. The quantitative estimate of drug-likeness (QED) is 0.162. The highest BCUT2D eigenvalue weighted by Gasteiger charge is 2.54. The molecular weight excluding hydrogens is 817 g/mol. The Balaban J connectivity index is 0.891. The molecule has 0 radical (unpaired) electrons. The maximum absolute atomic E-state index is 13.7. The van der Waals surface area contributed by atoms with Crippen LogP contribution in [-0.4, -0.2) is 227 Å². The van der Waals surface area contributed by atoms with Crippen molar-refractivity contribution >= 4 is 46.5 Å². The van der Waals surface area contributed by atoms with Gasteiger partial charge in [0, 0.05) is 108 Å². The van der Waals surface area contributed by atoms with E-state index in [2.05, 4.69) is 21.3 Å². The molecule has 63 heavy (non-hydrogen) atoms. The average Bonchev–Trinajstić information content (AvgIpc) is 4.18. The van der Waals surface area contributed by atoms with Crippen LogP contribution in [0, 0.1) is 22.7 Å². The lowest BCUT2D eigenvalue weighted by atomic mass is 10.1. The van der Waals surface area contributed by atoms with Crippen LogP contribution in [0.2, 0.25) is 0 Å². The van der Waals surface area contributed by atoms with Crippen molar-refractivity contribution in [3.8, 4) is 11.8 Å². The SMILES string of the molecule is N#C[C@@H]1C[C@@H]2C[C@@H]2N1C(=O)CNC(=O)c1ccnc2ccc(OCC3(CN4CCN(C(=O)CN5CCN(CC(=O)O)CCN(CC(=O)O)CCN(CC(=O)O)CC5)CC4)CC3)cc12. The molecule has 0 unspecified atom stereocenters. The van der Waals surface area contributed by atoms with Crippen molar-refractivity contribution in [1.82, 2.24) is 44.6 Å². The Morgan fingerprint density at radius 1 is 0.730 bits per heavy atom. The summed E-state index contributed by atoms with van der Waals surface area (Å²) in [7, 11) is 0. The van der Waals surface area contributed by atoms with Gasteiger partial charge in [-0.3, -0.25) is 58.3 Å². The summed E-state index contributed by atoms with van der Waals surface area (Å²) in [5.74, 6) is -2.72. The minimum Gasteiger partial charge on any atom is -0.493 e. The number of benzene rings is 1. The smallest absolute Gasteiger partial charge is 0.317 e. The minimum absolute atomic E-state index is 0.0399. The van der Waals surface area contributed by atoms with Gasteiger partial charge >= 0.3 is 17.9 Å². The number of carbonyl (C=O) groups excluding carboxylic acids is 3. The van der Waals surface area contributed by atoms with Gasteiger partial charge in [0.1, 0.15) is 11.8 Å². The lowest BCUT2D eigenvalue weighted by molar-refractivity contribution is -0.141. The van der Waals surface area contributed by atoms with Gasteiger partial charge in [0.05, 0.1) is 56.5 Å². The number of piperidine rings is 1. The van der Waals surface area contributed by atoms with Gasteiger partial charge < -0.3 is 35.2 Å². The van der Waals surface area contributed by atoms with E-state index in [1.54, 1.807) is 31.9 Å². The highest BCUT2D eigenvalue weighted by atomic mass is 16.5. The van der Waals surface area contributed by atoms with E-state index in [-0.39, 0.29) is 56.0 Å². The molecule has 340 valence electrons. The van der Waals surface area contributed by atoms with Crippen LogP contribution < -0.4 is 10.1 Å². The van der Waals surface area contributed by atoms with Crippen LogP contribution in [0.4, 0.5) is 0 Å². The van der Waals surface area contributed by atoms with Gasteiger partial charge in [-0.05, 0) is 55.9 Å². The van der Waals surface area contributed by atoms with E-state index >= 15 is 0 Å². The Morgan fingerprint density at radius 2 is 1.29 bits per heavy atom. The molecule has 7 rings (SSSR count). The molecule has 3 aliphatic heterocycles. The van der Waals surface area contributed by atoms with Crippen molar-refractivity contribution in [3.05, 3.63) is 36.0 Å². The summed E-state index contributed by atoms with van der Waals surface area (Å²) in [6, 6.07) is 8.95. The standard InChI is InChI=1S/C43H58N10O10/c44-22-31-19-30-20-36(30)53(31)37(54)23-46-42(62)33-3-6-45-35-2-1-32(21-34(33)35)63-29-43(4-5-43)28-51-15-17-52(18-16-51)38(55)24-47-7-9-48(25-39(56)57)11-13-50(27-41(60)61)14-12-49(10-8-47)26-40(58)59/h1-3,6,21,30-31,36H,4-5,7-20,23-29H2,(H,46,62)(H,56,57)(H,58,59)(H,60,61)/t30-,31+,36+/m1/s1. The molecule has 2 aliphatic carbocycles. The number of pyridine rings is 1. The topological polar surface area (TPSA) is 244 Å². The summed E-state index contributed by atoms with van der Waals surface area (Å²) >= 11 is 0. The number of nitrogens with zero attached hydrogens (tertiary/aromatic N) is 9. The Morgan fingerprint density at radius 3 is 1.83 bits per heavy atom. The number of nitriles is 1. The van der Waals surface area contributed by atoms with Crippen LogP contribution in [0.15, 0.2) is 30.5 Å². The molecule has 3 atom stereocenters. The predicted octanol–water partition coefficient (Wildman–Crippen LogP) is -0.744. The first-order valence-electron chi connectivity index (χ1n) is 21.8. The van der Waals surface area contributed by atoms with Gasteiger partial charge in [-0.15, -0.1) is 0 Å². The summed E-state index contributed by atoms with van der Waals surface area (Å²) < 4.78 is 6.35. The van der Waals surface area contributed by atoms with Crippen molar-refractivity contribution in [2.75, 3.05) is 124 Å². The number of likely N-dealkylation sites (tertiary alicyclic amines) is 1. The first kappa shape index (κ1) is 45.6. The second-order valence-corrected chi connectivity index (χ2v) is 17.7. The number of carbonyl (C=O) groups is 6. The van der Waals surface area contributed by atoms with E-state index < -0.39 is 29.9 Å². The van der Waals surface area contributed by atoms with Gasteiger partial charge in [0.25, 0.3) is 5.91 Å². The number of fused-ring (bicyclic) bond motifs is 2. The predicted molar refractivity (Wildman–Crippen MR) is 226 cm³/mol. The number of piperazine rings is 1. The molecule has 5 aliphatic rings. The molecule has 2 aromatic rings. The number of carboxylic acids is 3. The second kappa shape index (κ2) is 20.4. The Labute approximate surface area is 365 Å². The number of nitrogens with one attached hydrogen (secondary N) is 1. The second-order valence-electron chi connectivity index (χ2n) is 17.7. The fourth-order valence-corrected chi connectivity index (χ4v) is 9.15. The Bertz CT molecular complexity index is 2040. The third-order valence-electron chi connectivity index (χ3n) is 13.1. The summed E-state index contributed by atoms with van der Waals surface area (Å²) in [5, 5.41) is 41.3. The van der Waals surface area contributed by atoms with Crippen LogP contribution >= 0.6 is 0 Å². The van der Waals surface area contributed by atoms with Crippen LogP contribution in [0.3, 0.4) is 0 Å². The number of carboxylic acid groups (broad SMARTS) is 3. The van der Waals surface area contributed by atoms with E-state index in [1.807, 2.05) is 28.0 Å². The minimum atomic E-state index is -1.02. The summed E-state index contributed by atoms with van der Waals surface area (Å²) in [6.45, 7) is 5.68. The summed E-state index contributed by atoms with van der Waals surface area (Å²) in [6.07, 6.45) is 5.16. The summed E-state index contributed by atoms with van der Waals surface area (Å²) in [5.41, 5.74) is 0.958. The van der Waals surface area contributed by atoms with Crippen molar-refractivity contribution in [2.24, 2.45) is 11.3 Å². The van der Waals surface area contributed by atoms with E-state index in [4.69, 9.17) is 4.74 Å². The lowest BCUT2D eigenvalue weighted by Gasteiger charge is -2.38. The largest absolute Gasteiger partial charge is 0.493 e. The zero-order valence-corrected chi connectivity index (χ0v) is 35.6. The monoisotopic (exact) mass is 874 g/mol. The lowest BCUT2D eigenvalue weighted by Crippen LogP contribution is -2.54. The molecule has 4 N–H and O–H groups in total. The zero-order valence-electron chi connectivity index (χ0n) is 35.6. The number of aliphatic carboxylic acids is 3. The molecule has 1 aromatic carbocycles. The molecule has 4 heterocycles. The Hall–Kier alpha value is -5.46. The fraction of sp³-hybridized carbons (Fsp3) is 0.628. The number of hydrogen-bond acceptors (Lipinski definition) is 14. The molecule has 0 bridgehead atoms. The maximum atomic E-state index is 13.7. The van der Waals surface area contributed by atoms with Crippen molar-refractivity contribution < 1.29 is 48.8 Å². The molecule has 1 aromatic heterocycles. The molecular formula is C43H58N10O10. The van der Waals surface area contributed by atoms with Gasteiger partial charge in [-0.25, -0.2) is 0 Å². The first-order valence-corrected chi connectivity index (χ1v) is 21.8.